The molecule has 0 atom stereocenters. The van der Waals surface area contributed by atoms with Gasteiger partial charge in [-0.1, -0.05) is 23.8 Å². The van der Waals surface area contributed by atoms with E-state index in [-0.39, 0.29) is 17.4 Å². The van der Waals surface area contributed by atoms with Gasteiger partial charge in [-0.2, -0.15) is 0 Å². The van der Waals surface area contributed by atoms with E-state index in [0.29, 0.717) is 48.3 Å². The highest BCUT2D eigenvalue weighted by Gasteiger charge is 2.36. The fraction of sp³-hybridized carbons (Fsp3) is 0.273. The van der Waals surface area contributed by atoms with E-state index in [1.807, 2.05) is 50.2 Å². The molecule has 0 unspecified atom stereocenters. The van der Waals surface area contributed by atoms with E-state index in [9.17, 15) is 19.2 Å². The molecule has 45 heavy (non-hydrogen) atoms. The Morgan fingerprint density at radius 3 is 2.24 bits per heavy atom. The molecule has 0 saturated carbocycles. The zero-order valence-corrected chi connectivity index (χ0v) is 25.9. The number of aryl methyl sites for hydroxylation is 1. The van der Waals surface area contributed by atoms with Crippen LogP contribution in [0, 0.1) is 6.92 Å². The molecule has 2 saturated heterocycles. The third-order valence-corrected chi connectivity index (χ3v) is 7.87. The number of amides is 4. The van der Waals surface area contributed by atoms with Crippen molar-refractivity contribution in [1.29, 1.82) is 0 Å². The van der Waals surface area contributed by atoms with Crippen molar-refractivity contribution < 1.29 is 33.4 Å². The largest absolute Gasteiger partial charge is 0.490 e. The van der Waals surface area contributed by atoms with Crippen molar-refractivity contribution in [3.63, 3.8) is 0 Å². The van der Waals surface area contributed by atoms with Crippen LogP contribution in [0.2, 0.25) is 0 Å². The zero-order chi connectivity index (χ0) is 31.8. The molecule has 2 heterocycles. The first kappa shape index (κ1) is 31.6. The second-order valence-corrected chi connectivity index (χ2v) is 11.3. The summed E-state index contributed by atoms with van der Waals surface area (Å²) < 4.78 is 16.8. The van der Waals surface area contributed by atoms with Crippen molar-refractivity contribution in [1.82, 2.24) is 4.90 Å². The third kappa shape index (κ3) is 8.43. The summed E-state index contributed by atoms with van der Waals surface area (Å²) in [5.41, 5.74) is 3.94. The van der Waals surface area contributed by atoms with Crippen LogP contribution < -0.4 is 25.0 Å². The Morgan fingerprint density at radius 1 is 0.889 bits per heavy atom. The molecule has 2 N–H and O–H groups in total. The SMILES string of the molecule is CCOc1cc(/C=C2\SC(=O)N(CC(=O)Nc3ccc(N4CCOCC4)cc3)C2=O)ccc1OCC(=O)Nc1ccc(C)cc1. The predicted molar refractivity (Wildman–Crippen MR) is 174 cm³/mol. The molecule has 0 spiro atoms. The number of rotatable bonds is 11. The molecular weight excluding hydrogens is 596 g/mol. The van der Waals surface area contributed by atoms with Crippen molar-refractivity contribution in [3.05, 3.63) is 82.8 Å². The van der Waals surface area contributed by atoms with E-state index < -0.39 is 23.6 Å². The van der Waals surface area contributed by atoms with Crippen LogP contribution in [-0.2, 0) is 19.1 Å². The third-order valence-electron chi connectivity index (χ3n) is 6.96. The summed E-state index contributed by atoms with van der Waals surface area (Å²) in [6, 6.07) is 19.8. The molecule has 234 valence electrons. The molecule has 2 fully saturated rings. The van der Waals surface area contributed by atoms with Crippen LogP contribution in [0.25, 0.3) is 6.08 Å². The van der Waals surface area contributed by atoms with Crippen molar-refractivity contribution in [2.75, 3.05) is 61.6 Å². The summed E-state index contributed by atoms with van der Waals surface area (Å²) in [6.07, 6.45) is 1.56. The quantitative estimate of drug-likeness (QED) is 0.284. The minimum atomic E-state index is -0.561. The number of carbonyl (C=O) groups excluding carboxylic acids is 4. The minimum Gasteiger partial charge on any atom is -0.490 e. The first-order chi connectivity index (χ1) is 21.8. The molecule has 2 aliphatic rings. The number of carbonyl (C=O) groups is 4. The van der Waals surface area contributed by atoms with Gasteiger partial charge in [0.25, 0.3) is 17.1 Å². The van der Waals surface area contributed by atoms with Gasteiger partial charge in [-0.25, -0.2) is 0 Å². The molecule has 2 aliphatic heterocycles. The minimum absolute atomic E-state index is 0.177. The summed E-state index contributed by atoms with van der Waals surface area (Å²) in [7, 11) is 0. The molecular formula is C33H34N4O7S. The molecule has 4 amide bonds. The summed E-state index contributed by atoms with van der Waals surface area (Å²) in [6.45, 7) is 6.44. The normalized spacial score (nSPS) is 15.7. The van der Waals surface area contributed by atoms with Crippen LogP contribution in [-0.4, -0.2) is 73.9 Å². The molecule has 3 aromatic rings. The van der Waals surface area contributed by atoms with Crippen LogP contribution in [0.4, 0.5) is 21.9 Å². The number of imide groups is 1. The maximum absolute atomic E-state index is 13.1. The molecule has 0 bridgehead atoms. The molecule has 11 nitrogen and oxygen atoms in total. The average Bonchev–Trinajstić information content (AvgIpc) is 3.29. The maximum Gasteiger partial charge on any atom is 0.294 e. The lowest BCUT2D eigenvalue weighted by Gasteiger charge is -2.28. The number of benzene rings is 3. The standard InChI is InChI=1S/C33H34N4O7S/c1-3-43-28-18-23(6-13-27(28)44-21-31(39)35-24-7-4-22(2)5-8-24)19-29-32(40)37(33(41)45-29)20-30(38)34-25-9-11-26(12-10-25)36-14-16-42-17-15-36/h4-13,18-19H,3,14-17,20-21H2,1-2H3,(H,34,38)(H,35,39)/b29-19-. The van der Waals surface area contributed by atoms with Gasteiger partial charge in [0.1, 0.15) is 6.54 Å². The molecule has 0 aliphatic carbocycles. The highest BCUT2D eigenvalue weighted by molar-refractivity contribution is 8.18. The number of hydrogen-bond acceptors (Lipinski definition) is 9. The Kier molecular flexibility index (Phi) is 10.4. The number of nitrogens with one attached hydrogen (secondary N) is 2. The molecule has 5 rings (SSSR count). The van der Waals surface area contributed by atoms with Gasteiger partial charge in [0.05, 0.1) is 24.7 Å². The number of ether oxygens (including phenoxy) is 3. The van der Waals surface area contributed by atoms with Gasteiger partial charge in [-0.15, -0.1) is 0 Å². The van der Waals surface area contributed by atoms with Gasteiger partial charge < -0.3 is 29.7 Å². The summed E-state index contributed by atoms with van der Waals surface area (Å²) in [5, 5.41) is 5.00. The summed E-state index contributed by atoms with van der Waals surface area (Å²) >= 11 is 0.760. The molecule has 3 aromatic carbocycles. The lowest BCUT2D eigenvalue weighted by atomic mass is 10.2. The fourth-order valence-electron chi connectivity index (χ4n) is 4.69. The Labute approximate surface area is 265 Å². The smallest absolute Gasteiger partial charge is 0.294 e. The lowest BCUT2D eigenvalue weighted by Crippen LogP contribution is -2.36. The Hall–Kier alpha value is -4.81. The van der Waals surface area contributed by atoms with Crippen molar-refractivity contribution in [3.8, 4) is 11.5 Å². The predicted octanol–water partition coefficient (Wildman–Crippen LogP) is 4.92. The van der Waals surface area contributed by atoms with Gasteiger partial charge in [-0.3, -0.25) is 24.1 Å². The maximum atomic E-state index is 13.1. The average molecular weight is 631 g/mol. The second-order valence-electron chi connectivity index (χ2n) is 10.3. The highest BCUT2D eigenvalue weighted by atomic mass is 32.2. The van der Waals surface area contributed by atoms with Crippen molar-refractivity contribution >= 4 is 57.9 Å². The Morgan fingerprint density at radius 2 is 1.56 bits per heavy atom. The molecule has 0 radical (unpaired) electrons. The first-order valence-corrected chi connectivity index (χ1v) is 15.3. The number of thioether (sulfide) groups is 1. The van der Waals surface area contributed by atoms with Crippen LogP contribution in [0.5, 0.6) is 11.5 Å². The number of nitrogens with zero attached hydrogens (tertiary/aromatic N) is 2. The second kappa shape index (κ2) is 14.8. The van der Waals surface area contributed by atoms with Gasteiger partial charge >= 0.3 is 0 Å². The van der Waals surface area contributed by atoms with E-state index in [1.54, 1.807) is 36.4 Å². The van der Waals surface area contributed by atoms with E-state index in [0.717, 1.165) is 41.0 Å². The topological polar surface area (TPSA) is 127 Å². The Balaban J connectivity index is 1.18. The Bertz CT molecular complexity index is 1590. The number of anilines is 3. The summed E-state index contributed by atoms with van der Waals surface area (Å²) in [4.78, 5) is 54.1. The van der Waals surface area contributed by atoms with Crippen molar-refractivity contribution in [2.24, 2.45) is 0 Å². The van der Waals surface area contributed by atoms with Crippen LogP contribution in [0.15, 0.2) is 71.6 Å². The molecule has 0 aromatic heterocycles. The monoisotopic (exact) mass is 630 g/mol. The van der Waals surface area contributed by atoms with Crippen LogP contribution in [0.1, 0.15) is 18.1 Å². The number of hydrogen-bond donors (Lipinski definition) is 2. The van der Waals surface area contributed by atoms with Gasteiger partial charge in [-0.05, 0) is 85.8 Å². The lowest BCUT2D eigenvalue weighted by molar-refractivity contribution is -0.127. The van der Waals surface area contributed by atoms with Crippen molar-refractivity contribution in [2.45, 2.75) is 13.8 Å². The van der Waals surface area contributed by atoms with Gasteiger partial charge in [0.2, 0.25) is 5.91 Å². The highest BCUT2D eigenvalue weighted by Crippen LogP contribution is 2.35. The van der Waals surface area contributed by atoms with E-state index in [1.165, 1.54) is 0 Å². The summed E-state index contributed by atoms with van der Waals surface area (Å²) in [5.74, 6) is -0.630. The van der Waals surface area contributed by atoms with Gasteiger partial charge in [0, 0.05) is 30.2 Å². The first-order valence-electron chi connectivity index (χ1n) is 14.5. The van der Waals surface area contributed by atoms with Gasteiger partial charge in [0.15, 0.2) is 18.1 Å². The number of morpholine rings is 1. The van der Waals surface area contributed by atoms with Crippen LogP contribution >= 0.6 is 11.8 Å². The zero-order valence-electron chi connectivity index (χ0n) is 25.0. The van der Waals surface area contributed by atoms with E-state index in [4.69, 9.17) is 14.2 Å². The van der Waals surface area contributed by atoms with E-state index >= 15 is 0 Å². The molecule has 12 heteroatoms. The van der Waals surface area contributed by atoms with Crippen LogP contribution in [0.3, 0.4) is 0 Å². The fourth-order valence-corrected chi connectivity index (χ4v) is 5.53. The van der Waals surface area contributed by atoms with E-state index in [2.05, 4.69) is 15.5 Å².